The van der Waals surface area contributed by atoms with Crippen molar-refractivity contribution in [3.05, 3.63) is 36.4 Å². The zero-order valence-corrected chi connectivity index (χ0v) is 26.9. The molecule has 3 amide bonds. The quantitative estimate of drug-likeness (QED) is 0.224. The van der Waals surface area contributed by atoms with Crippen LogP contribution in [0.15, 0.2) is 36.4 Å². The van der Waals surface area contributed by atoms with Gasteiger partial charge in [0, 0.05) is 12.1 Å². The minimum absolute atomic E-state index is 0.00520. The summed E-state index contributed by atoms with van der Waals surface area (Å²) in [6.45, 7) is 5.36. The highest BCUT2D eigenvalue weighted by atomic mass is 79.9. The monoisotopic (exact) mass is 750 g/mol. The van der Waals surface area contributed by atoms with Crippen LogP contribution in [0.5, 0.6) is 23.0 Å². The molecule has 4 rings (SSSR count). The number of aromatic hydroxyl groups is 1. The Bertz CT molecular complexity index is 1200. The number of hydrogen-bond acceptors (Lipinski definition) is 9. The summed E-state index contributed by atoms with van der Waals surface area (Å²) >= 11 is 9.31. The van der Waals surface area contributed by atoms with Gasteiger partial charge in [-0.05, 0) is 45.0 Å². The number of nitrogens with one attached hydrogen (secondary N) is 3. The molecule has 2 atom stereocenters. The van der Waals surface area contributed by atoms with Crippen molar-refractivity contribution in [2.24, 2.45) is 5.73 Å². The van der Waals surface area contributed by atoms with Crippen LogP contribution in [0, 0.1) is 0 Å². The molecule has 16 heteroatoms. The molecule has 2 aliphatic heterocycles. The number of benzene rings is 2. The highest BCUT2D eigenvalue weighted by Gasteiger charge is 2.28. The fourth-order valence-corrected chi connectivity index (χ4v) is 3.09. The molecule has 218 valence electrons. The number of fused-ring (bicyclic) bond motifs is 2. The van der Waals surface area contributed by atoms with Gasteiger partial charge in [-0.15, -0.1) is 47.3 Å². The lowest BCUT2D eigenvalue weighted by Crippen LogP contribution is -2.48. The normalized spacial score (nSPS) is 17.4. The van der Waals surface area contributed by atoms with Gasteiger partial charge >= 0.3 is 9.28 Å². The van der Waals surface area contributed by atoms with E-state index < -0.39 is 23.8 Å². The van der Waals surface area contributed by atoms with Gasteiger partial charge in [0.2, 0.25) is 5.91 Å². The summed E-state index contributed by atoms with van der Waals surface area (Å²) in [6, 6.07) is 8.03. The number of amides is 3. The van der Waals surface area contributed by atoms with E-state index in [1.165, 1.54) is 12.1 Å². The third kappa shape index (κ3) is 11.4. The van der Waals surface area contributed by atoms with Crippen LogP contribution in [0.4, 0.5) is 16.2 Å². The number of phenolic OH excluding ortho intramolecular Hbond substituents is 1. The number of hydrogen-bond donors (Lipinski definition) is 5. The summed E-state index contributed by atoms with van der Waals surface area (Å²) in [5.41, 5.74) is 5.92. The first kappa shape index (κ1) is 33.5. The Morgan fingerprint density at radius 3 is 2.17 bits per heavy atom. The van der Waals surface area contributed by atoms with Gasteiger partial charge in [0.05, 0.1) is 18.5 Å². The number of rotatable bonds is 2. The Balaban J connectivity index is 0.000000265. The number of halogens is 3. The van der Waals surface area contributed by atoms with E-state index in [4.69, 9.17) is 24.7 Å². The van der Waals surface area contributed by atoms with Crippen molar-refractivity contribution < 1.29 is 38.4 Å². The maximum atomic E-state index is 12.1. The molecule has 2 heterocycles. The van der Waals surface area contributed by atoms with Crippen molar-refractivity contribution in [1.29, 1.82) is 0 Å². The lowest BCUT2D eigenvalue weighted by molar-refractivity contribution is -0.119. The summed E-state index contributed by atoms with van der Waals surface area (Å²) in [5, 5.41) is 17.0. The van der Waals surface area contributed by atoms with Crippen molar-refractivity contribution in [2.45, 2.75) is 38.5 Å². The summed E-state index contributed by atoms with van der Waals surface area (Å²) in [6.07, 6.45) is -0.667. The van der Waals surface area contributed by atoms with Crippen LogP contribution in [-0.4, -0.2) is 64.2 Å². The van der Waals surface area contributed by atoms with E-state index in [-0.39, 0.29) is 34.0 Å². The van der Waals surface area contributed by atoms with Gasteiger partial charge in [-0.2, -0.15) is 0 Å². The molecule has 0 radical (unpaired) electrons. The van der Waals surface area contributed by atoms with Gasteiger partial charge in [0.15, 0.2) is 0 Å². The van der Waals surface area contributed by atoms with Gasteiger partial charge in [-0.3, -0.25) is 9.59 Å². The number of methoxy groups -OCH3 is 1. The first-order valence-corrected chi connectivity index (χ1v) is 14.5. The standard InChI is InChI=1S/C15H20N2O5.C9H10N2O3.BBr3/c1-15(2,3)22-14(19)17-11-8-21-12-7-9(20-4)5-6-10(12)16-13(11)18;10-6-4-14-8-3-5(12)1-2-7(8)11-9(6)13;2-1(3)4/h5-7,11H,8H2,1-4H3,(H,16,18)(H,17,19);1-3,6,12H,4,10H2,(H,11,13);/t11-;6-;/m00./s1. The molecule has 0 bridgehead atoms. The molecule has 40 heavy (non-hydrogen) atoms. The maximum absolute atomic E-state index is 12.1. The Labute approximate surface area is 257 Å². The Kier molecular flexibility index (Phi) is 12.9. The number of alkyl carbamates (subject to hydrolysis) is 1. The van der Waals surface area contributed by atoms with Crippen molar-refractivity contribution >= 4 is 79.7 Å². The Morgan fingerprint density at radius 2 is 1.57 bits per heavy atom. The average Bonchev–Trinajstić information content (AvgIpc) is 3.09. The topological polar surface area (TPSA) is 170 Å². The van der Waals surface area contributed by atoms with Gasteiger partial charge in [0.1, 0.15) is 53.9 Å². The average molecular weight is 753 g/mol. The minimum Gasteiger partial charge on any atom is -0.508 e. The van der Waals surface area contributed by atoms with E-state index in [1.54, 1.807) is 52.1 Å². The lowest BCUT2D eigenvalue weighted by atomic mass is 10.2. The van der Waals surface area contributed by atoms with Gasteiger partial charge in [-0.25, -0.2) is 4.79 Å². The summed E-state index contributed by atoms with van der Waals surface area (Å²) in [4.78, 5) is 35.2. The zero-order chi connectivity index (χ0) is 30.0. The first-order valence-electron chi connectivity index (χ1n) is 11.7. The predicted octanol–water partition coefficient (Wildman–Crippen LogP) is 4.13. The Morgan fingerprint density at radius 1 is 1.02 bits per heavy atom. The molecule has 2 aromatic carbocycles. The molecule has 2 aliphatic rings. The lowest BCUT2D eigenvalue weighted by Gasteiger charge is -2.22. The van der Waals surface area contributed by atoms with Crippen molar-refractivity contribution in [3.8, 4) is 23.0 Å². The molecular weight excluding hydrogens is 723 g/mol. The molecule has 0 aromatic heterocycles. The minimum atomic E-state index is -0.840. The van der Waals surface area contributed by atoms with Crippen molar-refractivity contribution in [3.63, 3.8) is 0 Å². The van der Waals surface area contributed by atoms with E-state index >= 15 is 0 Å². The van der Waals surface area contributed by atoms with Crippen LogP contribution in [-0.2, 0) is 14.3 Å². The van der Waals surface area contributed by atoms with E-state index in [9.17, 15) is 19.5 Å². The van der Waals surface area contributed by atoms with Crippen molar-refractivity contribution in [1.82, 2.24) is 5.32 Å². The third-order valence-electron chi connectivity index (χ3n) is 4.84. The van der Waals surface area contributed by atoms with Crippen LogP contribution >= 0.6 is 47.3 Å². The molecule has 6 N–H and O–H groups in total. The zero-order valence-electron chi connectivity index (χ0n) is 22.1. The molecule has 0 fully saturated rings. The molecule has 0 aliphatic carbocycles. The summed E-state index contributed by atoms with van der Waals surface area (Å²) in [7, 11) is 1.55. The molecule has 2 aromatic rings. The molecule has 0 unspecified atom stereocenters. The highest BCUT2D eigenvalue weighted by molar-refractivity contribution is 9.69. The van der Waals surface area contributed by atoms with Gasteiger partial charge in [-0.1, -0.05) is 0 Å². The smallest absolute Gasteiger partial charge is 0.408 e. The maximum Gasteiger partial charge on any atom is 0.408 e. The molecule has 12 nitrogen and oxygen atoms in total. The largest absolute Gasteiger partial charge is 0.508 e. The molecule has 0 saturated carbocycles. The summed E-state index contributed by atoms with van der Waals surface area (Å²) in [5.74, 6) is 0.983. The number of nitrogens with two attached hydrogens (primary N) is 1. The van der Waals surface area contributed by atoms with Crippen LogP contribution < -0.4 is 35.9 Å². The number of carbonyl (C=O) groups excluding carboxylic acids is 3. The summed E-state index contributed by atoms with van der Waals surface area (Å²) < 4.78 is 21.3. The Hall–Kier alpha value is -2.69. The highest BCUT2D eigenvalue weighted by Crippen LogP contribution is 2.31. The second-order valence-electron chi connectivity index (χ2n) is 9.20. The number of anilines is 2. The van der Waals surface area contributed by atoms with E-state index in [2.05, 4.69) is 63.2 Å². The van der Waals surface area contributed by atoms with E-state index in [1.807, 2.05) is 0 Å². The van der Waals surface area contributed by atoms with E-state index in [0.29, 0.717) is 28.6 Å². The van der Waals surface area contributed by atoms with Crippen molar-refractivity contribution in [2.75, 3.05) is 31.0 Å². The van der Waals surface area contributed by atoms with Gasteiger partial charge in [0.25, 0.3) is 5.91 Å². The van der Waals surface area contributed by atoms with Gasteiger partial charge < -0.3 is 45.7 Å². The second-order valence-corrected chi connectivity index (χ2v) is 15.6. The molecule has 0 saturated heterocycles. The number of carbonyl (C=O) groups is 3. The number of ether oxygens (including phenoxy) is 4. The van der Waals surface area contributed by atoms with Crippen LogP contribution in [0.1, 0.15) is 20.8 Å². The predicted molar refractivity (Wildman–Crippen MR) is 163 cm³/mol. The number of phenols is 1. The van der Waals surface area contributed by atoms with E-state index in [0.717, 1.165) is 0 Å². The van der Waals surface area contributed by atoms with Crippen LogP contribution in [0.25, 0.3) is 0 Å². The fraction of sp³-hybridized carbons (Fsp3) is 0.375. The van der Waals surface area contributed by atoms with Crippen LogP contribution in [0.3, 0.4) is 0 Å². The van der Waals surface area contributed by atoms with Crippen LogP contribution in [0.2, 0.25) is 0 Å². The fourth-order valence-electron chi connectivity index (χ4n) is 3.09. The second kappa shape index (κ2) is 15.4. The SMILES string of the molecule is BrB(Br)Br.COc1ccc2c(c1)OC[C@H](NC(=O)OC(C)(C)C)C(=O)N2.N[C@H]1COc2cc(O)ccc2NC1=O. The third-order valence-corrected chi connectivity index (χ3v) is 4.84. The first-order chi connectivity index (χ1) is 18.7. The molecule has 0 spiro atoms. The molecular formula is C24H30BBr3N4O8.